The SMILES string of the molecule is CSc1ccc(C(=O)N2CCN(S(=O)(=O)c3ccc(C(C)C)cc3)CC2)cc1. The van der Waals surface area contributed by atoms with Gasteiger partial charge in [-0.15, -0.1) is 11.8 Å². The molecule has 1 heterocycles. The number of piperazine rings is 1. The Morgan fingerprint density at radius 2 is 1.50 bits per heavy atom. The maximum Gasteiger partial charge on any atom is 0.253 e. The van der Waals surface area contributed by atoms with Crippen LogP contribution in [0.5, 0.6) is 0 Å². The molecule has 0 spiro atoms. The minimum atomic E-state index is -3.53. The van der Waals surface area contributed by atoms with Crippen LogP contribution >= 0.6 is 11.8 Å². The third kappa shape index (κ3) is 4.42. The van der Waals surface area contributed by atoms with Gasteiger partial charge in [0.15, 0.2) is 0 Å². The maximum absolute atomic E-state index is 12.9. The van der Waals surface area contributed by atoms with E-state index in [0.29, 0.717) is 42.6 Å². The molecule has 1 aliphatic heterocycles. The van der Waals surface area contributed by atoms with Gasteiger partial charge in [-0.05, 0) is 54.1 Å². The summed E-state index contributed by atoms with van der Waals surface area (Å²) in [6.07, 6.45) is 1.99. The molecule has 28 heavy (non-hydrogen) atoms. The van der Waals surface area contributed by atoms with Crippen molar-refractivity contribution in [1.29, 1.82) is 0 Å². The van der Waals surface area contributed by atoms with Crippen LogP contribution in [0, 0.1) is 0 Å². The van der Waals surface area contributed by atoms with Crippen molar-refractivity contribution in [2.45, 2.75) is 29.6 Å². The molecule has 1 amide bonds. The lowest BCUT2D eigenvalue weighted by Crippen LogP contribution is -2.50. The summed E-state index contributed by atoms with van der Waals surface area (Å²) in [4.78, 5) is 15.8. The van der Waals surface area contributed by atoms with E-state index in [-0.39, 0.29) is 5.91 Å². The summed E-state index contributed by atoms with van der Waals surface area (Å²) in [6.45, 7) is 5.56. The number of carbonyl (C=O) groups excluding carboxylic acids is 1. The Morgan fingerprint density at radius 3 is 2.00 bits per heavy atom. The zero-order valence-electron chi connectivity index (χ0n) is 16.5. The second-order valence-electron chi connectivity index (χ2n) is 7.15. The van der Waals surface area contributed by atoms with Gasteiger partial charge in [-0.1, -0.05) is 26.0 Å². The average molecular weight is 419 g/mol. The van der Waals surface area contributed by atoms with E-state index in [2.05, 4.69) is 13.8 Å². The molecule has 2 aromatic carbocycles. The van der Waals surface area contributed by atoms with Crippen LogP contribution in [0.25, 0.3) is 0 Å². The third-order valence-electron chi connectivity index (χ3n) is 5.05. The summed E-state index contributed by atoms with van der Waals surface area (Å²) < 4.78 is 27.3. The first-order chi connectivity index (χ1) is 13.3. The van der Waals surface area contributed by atoms with Crippen molar-refractivity contribution in [3.8, 4) is 0 Å². The lowest BCUT2D eigenvalue weighted by atomic mass is 10.0. The Bertz CT molecular complexity index is 915. The Balaban J connectivity index is 1.65. The lowest BCUT2D eigenvalue weighted by Gasteiger charge is -2.34. The van der Waals surface area contributed by atoms with Crippen molar-refractivity contribution in [3.63, 3.8) is 0 Å². The highest BCUT2D eigenvalue weighted by atomic mass is 32.2. The number of carbonyl (C=O) groups is 1. The predicted octanol–water partition coefficient (Wildman–Crippen LogP) is 3.68. The lowest BCUT2D eigenvalue weighted by molar-refractivity contribution is 0.0698. The van der Waals surface area contributed by atoms with E-state index in [1.165, 1.54) is 4.31 Å². The molecule has 1 aliphatic rings. The van der Waals surface area contributed by atoms with Crippen LogP contribution < -0.4 is 0 Å². The van der Waals surface area contributed by atoms with Crippen molar-refractivity contribution in [2.24, 2.45) is 0 Å². The average Bonchev–Trinajstić information content (AvgIpc) is 2.73. The quantitative estimate of drug-likeness (QED) is 0.695. The molecule has 7 heteroatoms. The van der Waals surface area contributed by atoms with Crippen LogP contribution in [-0.2, 0) is 10.0 Å². The van der Waals surface area contributed by atoms with E-state index in [1.54, 1.807) is 28.8 Å². The zero-order chi connectivity index (χ0) is 20.3. The number of sulfonamides is 1. The molecule has 0 saturated carbocycles. The maximum atomic E-state index is 12.9. The molecule has 0 atom stereocenters. The second-order valence-corrected chi connectivity index (χ2v) is 9.97. The Hall–Kier alpha value is -1.83. The minimum absolute atomic E-state index is 0.0500. The first-order valence-electron chi connectivity index (χ1n) is 9.36. The fourth-order valence-corrected chi connectivity index (χ4v) is 5.05. The second kappa shape index (κ2) is 8.68. The van der Waals surface area contributed by atoms with Gasteiger partial charge in [0.05, 0.1) is 4.90 Å². The number of rotatable bonds is 5. The minimum Gasteiger partial charge on any atom is -0.336 e. The normalized spacial score (nSPS) is 15.8. The summed E-state index contributed by atoms with van der Waals surface area (Å²) in [5.41, 5.74) is 1.75. The third-order valence-corrected chi connectivity index (χ3v) is 7.70. The zero-order valence-corrected chi connectivity index (χ0v) is 18.1. The molecule has 1 fully saturated rings. The Kier molecular flexibility index (Phi) is 6.47. The van der Waals surface area contributed by atoms with Crippen LogP contribution in [0.2, 0.25) is 0 Å². The first kappa shape index (κ1) is 20.9. The Labute approximate surface area is 171 Å². The van der Waals surface area contributed by atoms with Gasteiger partial charge in [-0.3, -0.25) is 4.79 Å². The van der Waals surface area contributed by atoms with Crippen molar-refractivity contribution < 1.29 is 13.2 Å². The molecule has 0 radical (unpaired) electrons. The van der Waals surface area contributed by atoms with Gasteiger partial charge in [-0.25, -0.2) is 8.42 Å². The summed E-state index contributed by atoms with van der Waals surface area (Å²) in [5, 5.41) is 0. The number of thioether (sulfide) groups is 1. The number of hydrogen-bond acceptors (Lipinski definition) is 4. The molecule has 0 N–H and O–H groups in total. The summed E-state index contributed by atoms with van der Waals surface area (Å²) in [5.74, 6) is 0.308. The molecule has 2 aromatic rings. The van der Waals surface area contributed by atoms with Gasteiger partial charge in [0.1, 0.15) is 0 Å². The van der Waals surface area contributed by atoms with Crippen LogP contribution in [0.15, 0.2) is 58.3 Å². The molecular weight excluding hydrogens is 392 g/mol. The van der Waals surface area contributed by atoms with E-state index >= 15 is 0 Å². The fraction of sp³-hybridized carbons (Fsp3) is 0.381. The van der Waals surface area contributed by atoms with Gasteiger partial charge in [0.2, 0.25) is 10.0 Å². The van der Waals surface area contributed by atoms with Gasteiger partial charge in [0, 0.05) is 36.6 Å². The van der Waals surface area contributed by atoms with Gasteiger partial charge < -0.3 is 4.90 Å². The van der Waals surface area contributed by atoms with Crippen molar-refractivity contribution in [3.05, 3.63) is 59.7 Å². The molecule has 3 rings (SSSR count). The van der Waals surface area contributed by atoms with E-state index in [9.17, 15) is 13.2 Å². The van der Waals surface area contributed by atoms with Crippen molar-refractivity contribution in [1.82, 2.24) is 9.21 Å². The smallest absolute Gasteiger partial charge is 0.253 e. The van der Waals surface area contributed by atoms with Crippen LogP contribution in [0.1, 0.15) is 35.7 Å². The van der Waals surface area contributed by atoms with Gasteiger partial charge in [-0.2, -0.15) is 4.31 Å². The summed E-state index contributed by atoms with van der Waals surface area (Å²) in [6, 6.07) is 14.6. The number of hydrogen-bond donors (Lipinski definition) is 0. The monoisotopic (exact) mass is 418 g/mol. The van der Waals surface area contributed by atoms with E-state index in [4.69, 9.17) is 0 Å². The molecular formula is C21H26N2O3S2. The van der Waals surface area contributed by atoms with Gasteiger partial charge >= 0.3 is 0 Å². The van der Waals surface area contributed by atoms with E-state index < -0.39 is 10.0 Å². The standard InChI is InChI=1S/C21H26N2O3S2/c1-16(2)17-6-10-20(11-7-17)28(25,26)23-14-12-22(13-15-23)21(24)18-4-8-19(27-3)9-5-18/h4-11,16H,12-15H2,1-3H3. The summed E-state index contributed by atoms with van der Waals surface area (Å²) >= 11 is 1.63. The molecule has 0 bridgehead atoms. The molecule has 5 nitrogen and oxygen atoms in total. The molecule has 0 aromatic heterocycles. The van der Waals surface area contributed by atoms with Crippen LogP contribution in [0.3, 0.4) is 0 Å². The molecule has 0 unspecified atom stereocenters. The number of amides is 1. The molecule has 150 valence electrons. The van der Waals surface area contributed by atoms with Crippen LogP contribution in [-0.4, -0.2) is 56.0 Å². The summed E-state index contributed by atoms with van der Waals surface area (Å²) in [7, 11) is -3.53. The molecule has 0 aliphatic carbocycles. The Morgan fingerprint density at radius 1 is 0.929 bits per heavy atom. The highest BCUT2D eigenvalue weighted by molar-refractivity contribution is 7.98. The van der Waals surface area contributed by atoms with E-state index in [1.807, 2.05) is 42.7 Å². The molecule has 1 saturated heterocycles. The largest absolute Gasteiger partial charge is 0.336 e. The van der Waals surface area contributed by atoms with E-state index in [0.717, 1.165) is 10.5 Å². The number of nitrogens with zero attached hydrogens (tertiary/aromatic N) is 2. The topological polar surface area (TPSA) is 57.7 Å². The van der Waals surface area contributed by atoms with Crippen molar-refractivity contribution >= 4 is 27.7 Å². The highest BCUT2D eigenvalue weighted by Crippen LogP contribution is 2.22. The predicted molar refractivity (Wildman–Crippen MR) is 113 cm³/mol. The van der Waals surface area contributed by atoms with Crippen molar-refractivity contribution in [2.75, 3.05) is 32.4 Å². The number of benzene rings is 2. The fourth-order valence-electron chi connectivity index (χ4n) is 3.22. The van der Waals surface area contributed by atoms with Gasteiger partial charge in [0.25, 0.3) is 5.91 Å². The van der Waals surface area contributed by atoms with Crippen LogP contribution in [0.4, 0.5) is 0 Å². The highest BCUT2D eigenvalue weighted by Gasteiger charge is 2.30. The first-order valence-corrected chi connectivity index (χ1v) is 12.0.